The molecule has 0 radical (unpaired) electrons. The number of carbonyl (C=O) groups is 1. The minimum absolute atomic E-state index is 0.0540. The van der Waals surface area contributed by atoms with E-state index in [-0.39, 0.29) is 18.3 Å². The normalized spacial score (nSPS) is 15.3. The molecule has 1 aromatic heterocycles. The number of rotatable bonds is 11. The van der Waals surface area contributed by atoms with Crippen molar-refractivity contribution < 1.29 is 9.90 Å². The average Bonchev–Trinajstić information content (AvgIpc) is 3.42. The minimum Gasteiger partial charge on any atom is -0.396 e. The Kier molecular flexibility index (Phi) is 7.68. The Morgan fingerprint density at radius 3 is 2.58 bits per heavy atom. The standard InChI is InChI=1S/C26H39N3O2/c1-18-8-9-20(19(2)15-18)16-23(31)17-21(12-14-30)25-28-27-24(29(25)22-10-11-22)7-6-13-26(3,4)5/h8-9,15,21-22,30H,6-7,10-14,16-17H2,1-5H3/t21-/m0/s1. The summed E-state index contributed by atoms with van der Waals surface area (Å²) in [6.07, 6.45) is 6.84. The summed E-state index contributed by atoms with van der Waals surface area (Å²) in [5.41, 5.74) is 3.77. The van der Waals surface area contributed by atoms with E-state index in [4.69, 9.17) is 0 Å². The molecule has 1 atom stereocenters. The summed E-state index contributed by atoms with van der Waals surface area (Å²) in [5.74, 6) is 2.07. The van der Waals surface area contributed by atoms with Gasteiger partial charge in [-0.05, 0) is 62.5 Å². The van der Waals surface area contributed by atoms with Crippen molar-refractivity contribution in [3.8, 4) is 0 Å². The van der Waals surface area contributed by atoms with E-state index in [0.29, 0.717) is 30.7 Å². The summed E-state index contributed by atoms with van der Waals surface area (Å²) in [5, 5.41) is 18.8. The molecule has 0 spiro atoms. The summed E-state index contributed by atoms with van der Waals surface area (Å²) in [7, 11) is 0. The van der Waals surface area contributed by atoms with Gasteiger partial charge in [0.05, 0.1) is 0 Å². The van der Waals surface area contributed by atoms with Crippen LogP contribution in [0.5, 0.6) is 0 Å². The third kappa shape index (κ3) is 6.73. The SMILES string of the molecule is Cc1ccc(CC(=O)C[C@H](CCO)c2nnc(CCCC(C)(C)C)n2C2CC2)c(C)c1. The first-order valence-corrected chi connectivity index (χ1v) is 11.8. The topological polar surface area (TPSA) is 68.0 Å². The van der Waals surface area contributed by atoms with E-state index in [9.17, 15) is 9.90 Å². The first-order valence-electron chi connectivity index (χ1n) is 11.8. The second-order valence-electron chi connectivity index (χ2n) is 10.5. The number of nitrogens with zero attached hydrogens (tertiary/aromatic N) is 3. The molecule has 1 N–H and O–H groups in total. The largest absolute Gasteiger partial charge is 0.396 e. The fourth-order valence-electron chi connectivity index (χ4n) is 4.38. The van der Waals surface area contributed by atoms with Crippen LogP contribution >= 0.6 is 0 Å². The highest BCUT2D eigenvalue weighted by atomic mass is 16.3. The van der Waals surface area contributed by atoms with E-state index in [1.165, 1.54) is 5.56 Å². The van der Waals surface area contributed by atoms with Gasteiger partial charge in [0.15, 0.2) is 0 Å². The molecule has 0 aliphatic heterocycles. The third-order valence-corrected chi connectivity index (χ3v) is 6.23. The number of Topliss-reactive ketones (excluding diaryl/α,β-unsaturated/α-hetero) is 1. The van der Waals surface area contributed by atoms with E-state index in [2.05, 4.69) is 67.6 Å². The molecule has 5 heteroatoms. The van der Waals surface area contributed by atoms with Gasteiger partial charge in [-0.1, -0.05) is 44.5 Å². The molecule has 31 heavy (non-hydrogen) atoms. The van der Waals surface area contributed by atoms with Crippen LogP contribution in [0.3, 0.4) is 0 Å². The third-order valence-electron chi connectivity index (χ3n) is 6.23. The van der Waals surface area contributed by atoms with Crippen molar-refractivity contribution in [3.05, 3.63) is 46.5 Å². The number of hydrogen-bond acceptors (Lipinski definition) is 4. The summed E-state index contributed by atoms with van der Waals surface area (Å²) < 4.78 is 2.30. The van der Waals surface area contributed by atoms with Gasteiger partial charge in [0.25, 0.3) is 0 Å². The van der Waals surface area contributed by atoms with E-state index >= 15 is 0 Å². The number of ketones is 1. The van der Waals surface area contributed by atoms with Gasteiger partial charge in [0.2, 0.25) is 0 Å². The average molecular weight is 426 g/mol. The van der Waals surface area contributed by atoms with E-state index < -0.39 is 0 Å². The minimum atomic E-state index is -0.0762. The van der Waals surface area contributed by atoms with Crippen molar-refractivity contribution >= 4 is 5.78 Å². The fraction of sp³-hybridized carbons (Fsp3) is 0.654. The lowest BCUT2D eigenvalue weighted by Crippen LogP contribution is -2.17. The Bertz CT molecular complexity index is 891. The van der Waals surface area contributed by atoms with Gasteiger partial charge in [-0.15, -0.1) is 10.2 Å². The molecule has 1 heterocycles. The lowest BCUT2D eigenvalue weighted by molar-refractivity contribution is -0.118. The van der Waals surface area contributed by atoms with Gasteiger partial charge < -0.3 is 9.67 Å². The number of aliphatic hydroxyl groups is 1. The number of hydrogen-bond donors (Lipinski definition) is 1. The van der Waals surface area contributed by atoms with E-state index in [0.717, 1.165) is 54.9 Å². The van der Waals surface area contributed by atoms with Crippen molar-refractivity contribution in [2.75, 3.05) is 6.61 Å². The maximum atomic E-state index is 13.0. The zero-order valence-electron chi connectivity index (χ0n) is 19.9. The monoisotopic (exact) mass is 425 g/mol. The summed E-state index contributed by atoms with van der Waals surface area (Å²) in [6, 6.07) is 6.71. The number of aliphatic hydroxyl groups excluding tert-OH is 1. The molecule has 2 aromatic rings. The number of aryl methyl sites for hydroxylation is 3. The van der Waals surface area contributed by atoms with Crippen LogP contribution in [0, 0.1) is 19.3 Å². The van der Waals surface area contributed by atoms with Crippen LogP contribution in [0.2, 0.25) is 0 Å². The van der Waals surface area contributed by atoms with Gasteiger partial charge in [0.1, 0.15) is 17.4 Å². The van der Waals surface area contributed by atoms with Crippen LogP contribution in [-0.4, -0.2) is 32.3 Å². The highest BCUT2D eigenvalue weighted by Gasteiger charge is 2.32. The molecule has 3 rings (SSSR count). The fourth-order valence-corrected chi connectivity index (χ4v) is 4.38. The Morgan fingerprint density at radius 2 is 1.97 bits per heavy atom. The molecule has 170 valence electrons. The summed E-state index contributed by atoms with van der Waals surface area (Å²) in [4.78, 5) is 13.0. The lowest BCUT2D eigenvalue weighted by atomic mass is 9.90. The van der Waals surface area contributed by atoms with Crippen molar-refractivity contribution in [1.82, 2.24) is 14.8 Å². The second kappa shape index (κ2) is 10.1. The first-order chi connectivity index (χ1) is 14.7. The molecular formula is C26H39N3O2. The molecule has 1 aromatic carbocycles. The zero-order valence-corrected chi connectivity index (χ0v) is 19.9. The predicted molar refractivity (Wildman–Crippen MR) is 124 cm³/mol. The molecule has 5 nitrogen and oxygen atoms in total. The molecular weight excluding hydrogens is 386 g/mol. The van der Waals surface area contributed by atoms with Crippen LogP contribution in [0.25, 0.3) is 0 Å². The van der Waals surface area contributed by atoms with Crippen molar-refractivity contribution in [2.45, 2.75) is 97.9 Å². The molecule has 1 aliphatic carbocycles. The maximum Gasteiger partial charge on any atom is 0.138 e. The highest BCUT2D eigenvalue weighted by molar-refractivity contribution is 5.82. The molecule has 1 fully saturated rings. The first kappa shape index (κ1) is 23.6. The van der Waals surface area contributed by atoms with Crippen LogP contribution in [0.4, 0.5) is 0 Å². The van der Waals surface area contributed by atoms with Gasteiger partial charge in [-0.2, -0.15) is 0 Å². The molecule has 1 aliphatic rings. The van der Waals surface area contributed by atoms with Crippen molar-refractivity contribution in [2.24, 2.45) is 5.41 Å². The summed E-state index contributed by atoms with van der Waals surface area (Å²) in [6.45, 7) is 11.0. The lowest BCUT2D eigenvalue weighted by Gasteiger charge is -2.19. The molecule has 1 saturated carbocycles. The second-order valence-corrected chi connectivity index (χ2v) is 10.5. The van der Waals surface area contributed by atoms with Crippen LogP contribution in [0.15, 0.2) is 18.2 Å². The number of benzene rings is 1. The van der Waals surface area contributed by atoms with Gasteiger partial charge >= 0.3 is 0 Å². The highest BCUT2D eigenvalue weighted by Crippen LogP contribution is 2.39. The van der Waals surface area contributed by atoms with Gasteiger partial charge in [-0.25, -0.2) is 0 Å². The quantitative estimate of drug-likeness (QED) is 0.533. The maximum absolute atomic E-state index is 13.0. The van der Waals surface area contributed by atoms with Crippen LogP contribution < -0.4 is 0 Å². The molecule has 0 bridgehead atoms. The Balaban J connectivity index is 1.73. The smallest absolute Gasteiger partial charge is 0.138 e. The van der Waals surface area contributed by atoms with Crippen molar-refractivity contribution in [1.29, 1.82) is 0 Å². The zero-order chi connectivity index (χ0) is 22.6. The Labute approximate surface area is 187 Å². The number of aromatic nitrogens is 3. The van der Waals surface area contributed by atoms with Crippen LogP contribution in [-0.2, 0) is 17.6 Å². The predicted octanol–water partition coefficient (Wildman–Crippen LogP) is 5.27. The Hall–Kier alpha value is -2.01. The Morgan fingerprint density at radius 1 is 1.23 bits per heavy atom. The molecule has 0 saturated heterocycles. The van der Waals surface area contributed by atoms with Crippen molar-refractivity contribution in [3.63, 3.8) is 0 Å². The van der Waals surface area contributed by atoms with Crippen LogP contribution in [0.1, 0.15) is 99.6 Å². The van der Waals surface area contributed by atoms with Gasteiger partial charge in [0, 0.05) is 37.8 Å². The number of carbonyl (C=O) groups excluding carboxylic acids is 1. The molecule has 0 unspecified atom stereocenters. The van der Waals surface area contributed by atoms with E-state index in [1.807, 2.05) is 0 Å². The molecule has 0 amide bonds. The van der Waals surface area contributed by atoms with E-state index in [1.54, 1.807) is 0 Å². The van der Waals surface area contributed by atoms with Gasteiger partial charge in [-0.3, -0.25) is 4.79 Å². The summed E-state index contributed by atoms with van der Waals surface area (Å²) >= 11 is 0.